The molecule has 0 radical (unpaired) electrons. The van der Waals surface area contributed by atoms with Gasteiger partial charge in [-0.3, -0.25) is 9.59 Å². The zero-order chi connectivity index (χ0) is 15.1. The van der Waals surface area contributed by atoms with Gasteiger partial charge in [-0.15, -0.1) is 0 Å². The first-order chi connectivity index (χ1) is 8.79. The molecule has 0 aliphatic rings. The fourth-order valence-electron chi connectivity index (χ4n) is 1.43. The van der Waals surface area contributed by atoms with Gasteiger partial charge < -0.3 is 21.7 Å². The maximum atomic E-state index is 12.3. The summed E-state index contributed by atoms with van der Waals surface area (Å²) < 4.78 is 0. The lowest BCUT2D eigenvalue weighted by atomic mass is 10.0. The zero-order valence-corrected chi connectivity index (χ0v) is 13.4. The highest BCUT2D eigenvalue weighted by molar-refractivity contribution is 7.80. The summed E-state index contributed by atoms with van der Waals surface area (Å²) in [6, 6.07) is 0. The molecular weight excluding hydrogens is 284 g/mol. The molecule has 8 heteroatoms. The van der Waals surface area contributed by atoms with Gasteiger partial charge in [0.1, 0.15) is 5.54 Å². The Labute approximate surface area is 125 Å². The van der Waals surface area contributed by atoms with Crippen LogP contribution in [-0.4, -0.2) is 47.6 Å². The quantitative estimate of drug-likeness (QED) is 0.259. The third-order valence-electron chi connectivity index (χ3n) is 2.71. The first-order valence-corrected chi connectivity index (χ1v) is 7.42. The van der Waals surface area contributed by atoms with Crippen molar-refractivity contribution in [2.45, 2.75) is 32.0 Å². The van der Waals surface area contributed by atoms with Crippen molar-refractivity contribution >= 4 is 37.1 Å². The summed E-state index contributed by atoms with van der Waals surface area (Å²) in [5.41, 5.74) is 3.48. The Hall–Kier alpha value is -0.440. The van der Waals surface area contributed by atoms with Crippen LogP contribution in [0.5, 0.6) is 0 Å². The van der Waals surface area contributed by atoms with E-state index in [1.165, 1.54) is 0 Å². The third-order valence-corrected chi connectivity index (χ3v) is 3.84. The van der Waals surface area contributed by atoms with Gasteiger partial charge in [0, 0.05) is 18.1 Å². The zero-order valence-electron chi connectivity index (χ0n) is 11.6. The van der Waals surface area contributed by atoms with Crippen LogP contribution in [0.3, 0.4) is 0 Å². The van der Waals surface area contributed by atoms with Crippen LogP contribution in [-0.2, 0) is 9.59 Å². The van der Waals surface area contributed by atoms with E-state index in [0.717, 1.165) is 0 Å². The Kier molecular flexibility index (Phi) is 7.80. The minimum atomic E-state index is -1.53. The molecule has 0 bridgehead atoms. The SMILES string of the molecule is CCNC(=O)[C@@](N)(CS)NC(=O)[C@@](C)(CS)NCC. The van der Waals surface area contributed by atoms with E-state index >= 15 is 0 Å². The van der Waals surface area contributed by atoms with Crippen LogP contribution in [0.2, 0.25) is 0 Å². The maximum absolute atomic E-state index is 12.3. The molecule has 0 heterocycles. The number of amides is 2. The van der Waals surface area contributed by atoms with E-state index in [9.17, 15) is 9.59 Å². The molecule has 0 saturated carbocycles. The summed E-state index contributed by atoms with van der Waals surface area (Å²) in [4.78, 5) is 24.1. The monoisotopic (exact) mass is 308 g/mol. The van der Waals surface area contributed by atoms with Gasteiger partial charge in [-0.25, -0.2) is 0 Å². The minimum Gasteiger partial charge on any atom is -0.353 e. The van der Waals surface area contributed by atoms with Crippen molar-refractivity contribution in [2.24, 2.45) is 5.73 Å². The lowest BCUT2D eigenvalue weighted by molar-refractivity contribution is -0.135. The smallest absolute Gasteiger partial charge is 0.261 e. The van der Waals surface area contributed by atoms with Gasteiger partial charge in [0.25, 0.3) is 5.91 Å². The summed E-state index contributed by atoms with van der Waals surface area (Å²) in [5, 5.41) is 8.15. The van der Waals surface area contributed by atoms with E-state index in [2.05, 4.69) is 41.2 Å². The first-order valence-electron chi connectivity index (χ1n) is 6.16. The van der Waals surface area contributed by atoms with Crippen LogP contribution < -0.4 is 21.7 Å². The van der Waals surface area contributed by atoms with Gasteiger partial charge in [-0.2, -0.15) is 25.3 Å². The molecule has 0 aromatic heterocycles. The van der Waals surface area contributed by atoms with E-state index in [1.54, 1.807) is 13.8 Å². The van der Waals surface area contributed by atoms with Crippen molar-refractivity contribution in [3.05, 3.63) is 0 Å². The van der Waals surface area contributed by atoms with E-state index in [1.807, 2.05) is 6.92 Å². The second-order valence-corrected chi connectivity index (χ2v) is 5.10. The fraction of sp³-hybridized carbons (Fsp3) is 0.818. The number of hydrogen-bond acceptors (Lipinski definition) is 6. The second kappa shape index (κ2) is 7.98. The molecule has 2 atom stereocenters. The molecule has 0 fully saturated rings. The molecule has 5 N–H and O–H groups in total. The highest BCUT2D eigenvalue weighted by Gasteiger charge is 2.39. The van der Waals surface area contributed by atoms with Gasteiger partial charge in [-0.05, 0) is 20.4 Å². The Morgan fingerprint density at radius 1 is 1.11 bits per heavy atom. The van der Waals surface area contributed by atoms with Crippen LogP contribution >= 0.6 is 25.3 Å². The molecule has 0 aromatic carbocycles. The number of nitrogens with two attached hydrogens (primary N) is 1. The van der Waals surface area contributed by atoms with Crippen molar-refractivity contribution in [1.29, 1.82) is 0 Å². The summed E-state index contributed by atoms with van der Waals surface area (Å²) >= 11 is 8.21. The number of thiol groups is 2. The summed E-state index contributed by atoms with van der Waals surface area (Å²) in [6.45, 7) is 6.39. The Morgan fingerprint density at radius 2 is 1.68 bits per heavy atom. The molecule has 0 saturated heterocycles. The average Bonchev–Trinajstić information content (AvgIpc) is 2.38. The number of nitrogens with one attached hydrogen (secondary N) is 3. The molecule has 0 aromatic rings. The summed E-state index contributed by atoms with van der Waals surface area (Å²) in [6.07, 6.45) is 0. The van der Waals surface area contributed by atoms with Gasteiger partial charge in [0.05, 0.1) is 0 Å². The largest absolute Gasteiger partial charge is 0.353 e. The number of carbonyl (C=O) groups excluding carboxylic acids is 2. The van der Waals surface area contributed by atoms with Gasteiger partial charge in [-0.1, -0.05) is 6.92 Å². The molecular formula is C11H24N4O2S2. The van der Waals surface area contributed by atoms with Crippen LogP contribution in [0.4, 0.5) is 0 Å². The van der Waals surface area contributed by atoms with Crippen LogP contribution in [0, 0.1) is 0 Å². The third kappa shape index (κ3) is 4.87. The number of likely N-dealkylation sites (N-methyl/N-ethyl adjacent to an activating group) is 2. The Balaban J connectivity index is 4.96. The fourth-order valence-corrected chi connectivity index (χ4v) is 1.90. The van der Waals surface area contributed by atoms with Crippen molar-refractivity contribution in [3.63, 3.8) is 0 Å². The highest BCUT2D eigenvalue weighted by Crippen LogP contribution is 2.09. The first kappa shape index (κ1) is 18.6. The van der Waals surface area contributed by atoms with Crippen LogP contribution in [0.25, 0.3) is 0 Å². The normalized spacial score (nSPS) is 17.2. The predicted molar refractivity (Wildman–Crippen MR) is 83.5 cm³/mol. The Bertz CT molecular complexity index is 330. The number of carbonyl (C=O) groups is 2. The lowest BCUT2D eigenvalue weighted by Gasteiger charge is -2.34. The standard InChI is InChI=1S/C11H24N4O2S2/c1-4-13-9(17)11(12,7-19)15-8(16)10(3,6-18)14-5-2/h14,18-19H,4-7,12H2,1-3H3,(H,13,17)(H,15,16)/t10-,11-/m1/s1. The molecule has 0 aliphatic heterocycles. The summed E-state index contributed by atoms with van der Waals surface area (Å²) in [5.74, 6) is -0.562. The number of hydrogen-bond donors (Lipinski definition) is 6. The molecule has 0 aliphatic carbocycles. The Morgan fingerprint density at radius 3 is 2.05 bits per heavy atom. The van der Waals surface area contributed by atoms with E-state index in [-0.39, 0.29) is 17.4 Å². The lowest BCUT2D eigenvalue weighted by Crippen LogP contribution is -2.71. The molecule has 19 heavy (non-hydrogen) atoms. The van der Waals surface area contributed by atoms with Crippen molar-refractivity contribution in [1.82, 2.24) is 16.0 Å². The predicted octanol–water partition coefficient (Wildman–Crippen LogP) is -0.878. The maximum Gasteiger partial charge on any atom is 0.261 e. The van der Waals surface area contributed by atoms with Gasteiger partial charge >= 0.3 is 0 Å². The molecule has 6 nitrogen and oxygen atoms in total. The minimum absolute atomic E-state index is 0.000645. The van der Waals surface area contributed by atoms with Gasteiger partial charge in [0.15, 0.2) is 5.66 Å². The molecule has 0 rings (SSSR count). The van der Waals surface area contributed by atoms with Crippen molar-refractivity contribution in [3.8, 4) is 0 Å². The highest BCUT2D eigenvalue weighted by atomic mass is 32.1. The number of rotatable bonds is 8. The van der Waals surface area contributed by atoms with Gasteiger partial charge in [0.2, 0.25) is 5.91 Å². The summed E-state index contributed by atoms with van der Waals surface area (Å²) in [7, 11) is 0. The molecule has 0 unspecified atom stereocenters. The molecule has 112 valence electrons. The van der Waals surface area contributed by atoms with Crippen LogP contribution in [0.1, 0.15) is 20.8 Å². The van der Waals surface area contributed by atoms with E-state index in [0.29, 0.717) is 13.1 Å². The molecule has 2 amide bonds. The van der Waals surface area contributed by atoms with Crippen molar-refractivity contribution < 1.29 is 9.59 Å². The van der Waals surface area contributed by atoms with E-state index in [4.69, 9.17) is 5.73 Å². The van der Waals surface area contributed by atoms with Crippen molar-refractivity contribution in [2.75, 3.05) is 24.6 Å². The van der Waals surface area contributed by atoms with Crippen LogP contribution in [0.15, 0.2) is 0 Å². The second-order valence-electron chi connectivity index (χ2n) is 4.46. The molecule has 0 spiro atoms. The average molecular weight is 308 g/mol. The van der Waals surface area contributed by atoms with E-state index < -0.39 is 17.1 Å². The topological polar surface area (TPSA) is 96.2 Å².